The fraction of sp³-hybridized carbons (Fsp3) is 0.520. The molecule has 2 aliphatic rings. The zero-order valence-electron chi connectivity index (χ0n) is 19.5. The molecule has 33 heavy (non-hydrogen) atoms. The van der Waals surface area contributed by atoms with E-state index in [0.29, 0.717) is 5.91 Å². The van der Waals surface area contributed by atoms with Gasteiger partial charge in [-0.3, -0.25) is 9.59 Å². The van der Waals surface area contributed by atoms with E-state index in [-0.39, 0.29) is 17.6 Å². The van der Waals surface area contributed by atoms with Crippen LogP contribution in [0.2, 0.25) is 0 Å². The summed E-state index contributed by atoms with van der Waals surface area (Å²) in [6.07, 6.45) is 5.25. The number of carbonyl (C=O) groups is 2. The zero-order valence-corrected chi connectivity index (χ0v) is 20.4. The molecule has 1 aromatic carbocycles. The summed E-state index contributed by atoms with van der Waals surface area (Å²) in [7, 11) is 0. The summed E-state index contributed by atoms with van der Waals surface area (Å²) >= 11 is 1.38. The summed E-state index contributed by atoms with van der Waals surface area (Å²) in [5.74, 6) is 1.54. The van der Waals surface area contributed by atoms with Crippen molar-refractivity contribution in [1.29, 1.82) is 0 Å². The number of anilines is 2. The molecule has 3 heterocycles. The average Bonchev–Trinajstić information content (AvgIpc) is 2.85. The average molecular weight is 468 g/mol. The number of nitrogens with zero attached hydrogens (tertiary/aromatic N) is 4. The van der Waals surface area contributed by atoms with Crippen LogP contribution < -0.4 is 10.2 Å². The fourth-order valence-corrected chi connectivity index (χ4v) is 5.18. The minimum atomic E-state index is -0.0572. The van der Waals surface area contributed by atoms with Crippen LogP contribution in [0.5, 0.6) is 0 Å². The minimum absolute atomic E-state index is 0.0572. The number of hydrogen-bond donors (Lipinski definition) is 1. The van der Waals surface area contributed by atoms with E-state index < -0.39 is 0 Å². The SMILES string of the molecule is Cc1ccc(NC(=O)CSc2ccc(N3CCC(C(=O)N4CCCCC4)CC3)nn2)c(C)c1. The zero-order chi connectivity index (χ0) is 23.2. The van der Waals surface area contributed by atoms with Crippen molar-refractivity contribution in [1.82, 2.24) is 15.1 Å². The van der Waals surface area contributed by atoms with E-state index >= 15 is 0 Å². The van der Waals surface area contributed by atoms with Gasteiger partial charge in [-0.05, 0) is 69.7 Å². The van der Waals surface area contributed by atoms with E-state index in [2.05, 4.69) is 31.4 Å². The largest absolute Gasteiger partial charge is 0.355 e. The number of nitrogens with one attached hydrogen (secondary N) is 1. The maximum absolute atomic E-state index is 12.8. The van der Waals surface area contributed by atoms with Gasteiger partial charge in [0.2, 0.25) is 11.8 Å². The standard InChI is InChI=1S/C25H33N5O2S/c1-18-6-7-21(19(2)16-18)26-23(31)17-33-24-9-8-22(27-28-24)29-14-10-20(11-15-29)25(32)30-12-4-3-5-13-30/h6-9,16,20H,3-5,10-15,17H2,1-2H3,(H,26,31). The predicted octanol–water partition coefficient (Wildman–Crippen LogP) is 4.05. The monoisotopic (exact) mass is 467 g/mol. The Balaban J connectivity index is 1.23. The second-order valence-electron chi connectivity index (χ2n) is 9.03. The number of carbonyl (C=O) groups excluding carboxylic acids is 2. The fourth-order valence-electron chi connectivity index (χ4n) is 4.57. The molecule has 0 unspecified atom stereocenters. The molecular formula is C25H33N5O2S. The normalized spacial score (nSPS) is 17.2. The third-order valence-electron chi connectivity index (χ3n) is 6.47. The quantitative estimate of drug-likeness (QED) is 0.646. The Hall–Kier alpha value is -2.61. The molecule has 2 fully saturated rings. The highest BCUT2D eigenvalue weighted by atomic mass is 32.2. The summed E-state index contributed by atoms with van der Waals surface area (Å²) in [5, 5.41) is 12.4. The molecule has 2 aromatic rings. The second kappa shape index (κ2) is 11.0. The van der Waals surface area contributed by atoms with Crippen LogP contribution in [-0.4, -0.2) is 58.8 Å². The van der Waals surface area contributed by atoms with Gasteiger partial charge in [0.05, 0.1) is 5.75 Å². The molecule has 176 valence electrons. The molecule has 0 atom stereocenters. The van der Waals surface area contributed by atoms with Crippen molar-refractivity contribution in [3.05, 3.63) is 41.5 Å². The molecule has 7 nitrogen and oxygen atoms in total. The third-order valence-corrected chi connectivity index (χ3v) is 7.39. The van der Waals surface area contributed by atoms with E-state index in [1.807, 2.05) is 38.1 Å². The Bertz CT molecular complexity index is 967. The summed E-state index contributed by atoms with van der Waals surface area (Å²) in [6.45, 7) is 7.52. The molecule has 1 aromatic heterocycles. The van der Waals surface area contributed by atoms with Crippen LogP contribution >= 0.6 is 11.8 Å². The smallest absolute Gasteiger partial charge is 0.234 e. The molecular weight excluding hydrogens is 434 g/mol. The lowest BCUT2D eigenvalue weighted by molar-refractivity contribution is -0.137. The lowest BCUT2D eigenvalue weighted by Gasteiger charge is -2.35. The lowest BCUT2D eigenvalue weighted by Crippen LogP contribution is -2.44. The molecule has 2 aliphatic heterocycles. The van der Waals surface area contributed by atoms with E-state index in [1.165, 1.54) is 23.7 Å². The Kier molecular flexibility index (Phi) is 7.85. The number of benzene rings is 1. The first-order valence-corrected chi connectivity index (χ1v) is 12.9. The molecule has 8 heteroatoms. The molecule has 0 bridgehead atoms. The number of thioether (sulfide) groups is 1. The van der Waals surface area contributed by atoms with Gasteiger partial charge < -0.3 is 15.1 Å². The van der Waals surface area contributed by atoms with Gasteiger partial charge in [0, 0.05) is 37.8 Å². The van der Waals surface area contributed by atoms with E-state index in [4.69, 9.17) is 0 Å². The topological polar surface area (TPSA) is 78.4 Å². The first-order valence-electron chi connectivity index (χ1n) is 11.9. The minimum Gasteiger partial charge on any atom is -0.355 e. The summed E-state index contributed by atoms with van der Waals surface area (Å²) in [4.78, 5) is 29.3. The van der Waals surface area contributed by atoms with Crippen LogP contribution in [0.4, 0.5) is 11.5 Å². The Morgan fingerprint density at radius 2 is 1.76 bits per heavy atom. The van der Waals surface area contributed by atoms with Crippen LogP contribution in [-0.2, 0) is 9.59 Å². The van der Waals surface area contributed by atoms with Gasteiger partial charge in [-0.1, -0.05) is 29.5 Å². The maximum atomic E-state index is 12.8. The van der Waals surface area contributed by atoms with Crippen molar-refractivity contribution in [3.8, 4) is 0 Å². The summed E-state index contributed by atoms with van der Waals surface area (Å²) in [6, 6.07) is 9.86. The van der Waals surface area contributed by atoms with Crippen molar-refractivity contribution < 1.29 is 9.59 Å². The van der Waals surface area contributed by atoms with E-state index in [9.17, 15) is 9.59 Å². The second-order valence-corrected chi connectivity index (χ2v) is 10.0. The Labute approximate surface area is 200 Å². The number of rotatable bonds is 6. The predicted molar refractivity (Wildman–Crippen MR) is 133 cm³/mol. The van der Waals surface area contributed by atoms with Crippen molar-refractivity contribution in [2.45, 2.75) is 51.0 Å². The summed E-state index contributed by atoms with van der Waals surface area (Å²) in [5.41, 5.74) is 3.07. The van der Waals surface area contributed by atoms with Crippen LogP contribution in [0, 0.1) is 19.8 Å². The van der Waals surface area contributed by atoms with E-state index in [0.717, 1.165) is 74.0 Å². The summed E-state index contributed by atoms with van der Waals surface area (Å²) < 4.78 is 0. The first-order chi connectivity index (χ1) is 16.0. The van der Waals surface area contributed by atoms with Crippen molar-refractivity contribution in [2.75, 3.05) is 42.1 Å². The Morgan fingerprint density at radius 1 is 1.00 bits per heavy atom. The van der Waals surface area contributed by atoms with Crippen LogP contribution in [0.1, 0.15) is 43.2 Å². The van der Waals surface area contributed by atoms with Gasteiger partial charge in [0.15, 0.2) is 5.82 Å². The molecule has 4 rings (SSSR count). The van der Waals surface area contributed by atoms with Crippen molar-refractivity contribution >= 4 is 35.1 Å². The molecule has 0 spiro atoms. The van der Waals surface area contributed by atoms with Gasteiger partial charge in [0.1, 0.15) is 5.03 Å². The third kappa shape index (κ3) is 6.25. The molecule has 1 N–H and O–H groups in total. The number of aromatic nitrogens is 2. The highest BCUT2D eigenvalue weighted by Crippen LogP contribution is 2.25. The molecule has 0 aliphatic carbocycles. The van der Waals surface area contributed by atoms with Gasteiger partial charge >= 0.3 is 0 Å². The number of amides is 2. The van der Waals surface area contributed by atoms with Gasteiger partial charge in [-0.2, -0.15) is 0 Å². The Morgan fingerprint density at radius 3 is 2.42 bits per heavy atom. The first kappa shape index (κ1) is 23.5. The van der Waals surface area contributed by atoms with Crippen molar-refractivity contribution in [2.24, 2.45) is 5.92 Å². The number of hydrogen-bond acceptors (Lipinski definition) is 6. The van der Waals surface area contributed by atoms with Crippen LogP contribution in [0.15, 0.2) is 35.4 Å². The molecule has 2 saturated heterocycles. The van der Waals surface area contributed by atoms with Crippen LogP contribution in [0.3, 0.4) is 0 Å². The van der Waals surface area contributed by atoms with Gasteiger partial charge in [-0.25, -0.2) is 0 Å². The number of likely N-dealkylation sites (tertiary alicyclic amines) is 1. The molecule has 2 amide bonds. The van der Waals surface area contributed by atoms with Crippen LogP contribution in [0.25, 0.3) is 0 Å². The lowest BCUT2D eigenvalue weighted by atomic mass is 9.94. The number of aryl methyl sites for hydroxylation is 2. The number of piperidine rings is 2. The molecule has 0 saturated carbocycles. The maximum Gasteiger partial charge on any atom is 0.234 e. The van der Waals surface area contributed by atoms with E-state index in [1.54, 1.807) is 0 Å². The highest BCUT2D eigenvalue weighted by molar-refractivity contribution is 7.99. The molecule has 0 radical (unpaired) electrons. The van der Waals surface area contributed by atoms with Gasteiger partial charge in [-0.15, -0.1) is 10.2 Å². The highest BCUT2D eigenvalue weighted by Gasteiger charge is 2.29. The van der Waals surface area contributed by atoms with Crippen molar-refractivity contribution in [3.63, 3.8) is 0 Å². The van der Waals surface area contributed by atoms with Gasteiger partial charge in [0.25, 0.3) is 0 Å².